The predicted octanol–water partition coefficient (Wildman–Crippen LogP) is 5.46. The molecule has 0 spiro atoms. The lowest BCUT2D eigenvalue weighted by Crippen LogP contribution is -2.25. The molecule has 3 heteroatoms. The number of hydrogen-bond acceptors (Lipinski definition) is 3. The summed E-state index contributed by atoms with van der Waals surface area (Å²) < 4.78 is 9.65. The predicted molar refractivity (Wildman–Crippen MR) is 113 cm³/mol. The molecule has 1 saturated carbocycles. The first-order valence-electron chi connectivity index (χ1n) is 9.49. The van der Waals surface area contributed by atoms with Crippen LogP contribution >= 0.6 is 11.9 Å². The molecule has 1 N–H and O–H groups in total. The van der Waals surface area contributed by atoms with Gasteiger partial charge in [0.2, 0.25) is 0 Å². The summed E-state index contributed by atoms with van der Waals surface area (Å²) in [7, 11) is 0. The molecule has 1 fully saturated rings. The first-order valence-corrected chi connectivity index (χ1v) is 10.3. The summed E-state index contributed by atoms with van der Waals surface area (Å²) in [6.07, 6.45) is 1.17. The molecule has 3 aromatic rings. The molecule has 1 unspecified atom stereocenters. The molecule has 3 aromatic carbocycles. The van der Waals surface area contributed by atoms with Crippen molar-refractivity contribution in [1.29, 1.82) is 0 Å². The van der Waals surface area contributed by atoms with Crippen LogP contribution in [0.15, 0.2) is 95.9 Å². The van der Waals surface area contributed by atoms with Crippen LogP contribution in [-0.4, -0.2) is 13.2 Å². The van der Waals surface area contributed by atoms with E-state index in [1.807, 2.05) is 6.07 Å². The number of hydrogen-bond donors (Lipinski definition) is 1. The van der Waals surface area contributed by atoms with Crippen LogP contribution in [0.1, 0.15) is 17.5 Å². The van der Waals surface area contributed by atoms with Gasteiger partial charge in [0.1, 0.15) is 0 Å². The summed E-state index contributed by atoms with van der Waals surface area (Å²) in [4.78, 5) is 1.25. The van der Waals surface area contributed by atoms with Gasteiger partial charge in [-0.05, 0) is 47.5 Å². The highest BCUT2D eigenvalue weighted by Crippen LogP contribution is 2.54. The van der Waals surface area contributed by atoms with Crippen LogP contribution in [0.5, 0.6) is 0 Å². The summed E-state index contributed by atoms with van der Waals surface area (Å²) in [5.41, 5.74) is 2.83. The Morgan fingerprint density at radius 1 is 0.852 bits per heavy atom. The molecule has 0 aromatic heterocycles. The molecule has 0 aliphatic heterocycles. The summed E-state index contributed by atoms with van der Waals surface area (Å²) in [6.45, 7) is 2.45. The van der Waals surface area contributed by atoms with Crippen LogP contribution in [0.3, 0.4) is 0 Å². The van der Waals surface area contributed by atoms with E-state index in [1.54, 1.807) is 11.9 Å². The Balaban J connectivity index is 1.35. The van der Waals surface area contributed by atoms with Crippen molar-refractivity contribution in [3.63, 3.8) is 0 Å². The van der Waals surface area contributed by atoms with Gasteiger partial charge in [-0.15, -0.1) is 0 Å². The topological polar surface area (TPSA) is 21.3 Å². The molecule has 0 radical (unpaired) electrons. The minimum atomic E-state index is 0.180. The SMILES string of the molecule is c1ccc(COCC2C[C@@]2(CNSc2ccccc2)c2ccccc2)cc1. The highest BCUT2D eigenvalue weighted by molar-refractivity contribution is 7.97. The Kier molecular flexibility index (Phi) is 5.93. The van der Waals surface area contributed by atoms with Crippen molar-refractivity contribution >= 4 is 11.9 Å². The van der Waals surface area contributed by atoms with Gasteiger partial charge >= 0.3 is 0 Å². The van der Waals surface area contributed by atoms with Crippen LogP contribution in [0.4, 0.5) is 0 Å². The summed E-state index contributed by atoms with van der Waals surface area (Å²) >= 11 is 1.71. The molecule has 1 aliphatic rings. The maximum atomic E-state index is 6.05. The minimum Gasteiger partial charge on any atom is -0.376 e. The molecular formula is C24H25NOS. The molecule has 2 atom stereocenters. The van der Waals surface area contributed by atoms with E-state index in [0.29, 0.717) is 12.5 Å². The maximum absolute atomic E-state index is 6.05. The van der Waals surface area contributed by atoms with Crippen molar-refractivity contribution in [2.45, 2.75) is 23.3 Å². The van der Waals surface area contributed by atoms with Crippen molar-refractivity contribution in [3.05, 3.63) is 102 Å². The second kappa shape index (κ2) is 8.75. The second-order valence-corrected chi connectivity index (χ2v) is 8.12. The van der Waals surface area contributed by atoms with Crippen LogP contribution in [0.25, 0.3) is 0 Å². The van der Waals surface area contributed by atoms with Gasteiger partial charge in [-0.1, -0.05) is 78.9 Å². The van der Waals surface area contributed by atoms with Crippen molar-refractivity contribution in [2.75, 3.05) is 13.2 Å². The van der Waals surface area contributed by atoms with E-state index in [4.69, 9.17) is 4.74 Å². The number of rotatable bonds is 9. The number of ether oxygens (including phenoxy) is 1. The molecule has 0 amide bonds. The third-order valence-corrected chi connectivity index (χ3v) is 6.13. The summed E-state index contributed by atoms with van der Waals surface area (Å²) in [5, 5.41) is 0. The number of benzene rings is 3. The van der Waals surface area contributed by atoms with Gasteiger partial charge in [0, 0.05) is 16.9 Å². The normalized spacial score (nSPS) is 21.1. The van der Waals surface area contributed by atoms with Crippen molar-refractivity contribution in [2.24, 2.45) is 5.92 Å². The Hall–Kier alpha value is -2.07. The second-order valence-electron chi connectivity index (χ2n) is 7.16. The van der Waals surface area contributed by atoms with Crippen molar-refractivity contribution in [3.8, 4) is 0 Å². The number of nitrogens with one attached hydrogen (secondary N) is 1. The average Bonchev–Trinajstić information content (AvgIpc) is 3.44. The van der Waals surface area contributed by atoms with Crippen molar-refractivity contribution in [1.82, 2.24) is 4.72 Å². The van der Waals surface area contributed by atoms with Gasteiger partial charge in [-0.3, -0.25) is 4.72 Å². The third-order valence-electron chi connectivity index (χ3n) is 5.33. The van der Waals surface area contributed by atoms with Gasteiger partial charge in [0.15, 0.2) is 0 Å². The molecule has 2 nitrogen and oxygen atoms in total. The Labute approximate surface area is 166 Å². The van der Waals surface area contributed by atoms with Crippen LogP contribution in [0, 0.1) is 5.92 Å². The first-order chi connectivity index (χ1) is 13.4. The molecule has 1 aliphatic carbocycles. The Morgan fingerprint density at radius 2 is 1.48 bits per heavy atom. The van der Waals surface area contributed by atoms with E-state index >= 15 is 0 Å². The van der Waals surface area contributed by atoms with Crippen molar-refractivity contribution < 1.29 is 4.74 Å². The fourth-order valence-electron chi connectivity index (χ4n) is 3.67. The van der Waals surface area contributed by atoms with E-state index in [1.165, 1.54) is 22.4 Å². The molecule has 0 saturated heterocycles. The lowest BCUT2D eigenvalue weighted by molar-refractivity contribution is 0.106. The molecule has 4 rings (SSSR count). The zero-order chi connectivity index (χ0) is 18.4. The smallest absolute Gasteiger partial charge is 0.0717 e. The van der Waals surface area contributed by atoms with Gasteiger partial charge in [-0.25, -0.2) is 0 Å². The summed E-state index contributed by atoms with van der Waals surface area (Å²) in [5.74, 6) is 0.562. The highest BCUT2D eigenvalue weighted by Gasteiger charge is 2.54. The molecule has 0 bridgehead atoms. The maximum Gasteiger partial charge on any atom is 0.0717 e. The Morgan fingerprint density at radius 3 is 2.19 bits per heavy atom. The monoisotopic (exact) mass is 375 g/mol. The molecule has 138 valence electrons. The van der Waals surface area contributed by atoms with Gasteiger partial charge < -0.3 is 4.74 Å². The standard InChI is InChI=1S/C24H25NOS/c1-4-10-20(11-5-1)17-26-18-22-16-24(22,21-12-6-2-7-13-21)19-25-27-23-14-8-3-9-15-23/h1-15,22,25H,16-19H2/t22?,24-/m1/s1. The lowest BCUT2D eigenvalue weighted by Gasteiger charge is -2.19. The van der Waals surface area contributed by atoms with Gasteiger partial charge in [0.05, 0.1) is 13.2 Å². The minimum absolute atomic E-state index is 0.180. The van der Waals surface area contributed by atoms with Gasteiger partial charge in [-0.2, -0.15) is 0 Å². The average molecular weight is 376 g/mol. The van der Waals surface area contributed by atoms with E-state index in [-0.39, 0.29) is 5.41 Å². The van der Waals surface area contributed by atoms with Gasteiger partial charge in [0.25, 0.3) is 0 Å². The van der Waals surface area contributed by atoms with Crippen LogP contribution in [-0.2, 0) is 16.8 Å². The Bertz CT molecular complexity index is 825. The quantitative estimate of drug-likeness (QED) is 0.502. The fourth-order valence-corrected chi connectivity index (χ4v) is 4.46. The first kappa shape index (κ1) is 18.3. The fraction of sp³-hybridized carbons (Fsp3) is 0.250. The van der Waals surface area contributed by atoms with Crippen LogP contribution in [0.2, 0.25) is 0 Å². The molecule has 0 heterocycles. The molecule has 27 heavy (non-hydrogen) atoms. The highest BCUT2D eigenvalue weighted by atomic mass is 32.2. The van der Waals surface area contributed by atoms with E-state index in [9.17, 15) is 0 Å². The van der Waals surface area contributed by atoms with E-state index in [0.717, 1.165) is 13.2 Å². The van der Waals surface area contributed by atoms with E-state index in [2.05, 4.69) is 89.7 Å². The summed E-state index contributed by atoms with van der Waals surface area (Å²) in [6, 6.07) is 31.8. The molecular weight excluding hydrogens is 350 g/mol. The largest absolute Gasteiger partial charge is 0.376 e. The van der Waals surface area contributed by atoms with E-state index < -0.39 is 0 Å². The third kappa shape index (κ3) is 4.62. The van der Waals surface area contributed by atoms with Crippen LogP contribution < -0.4 is 4.72 Å². The zero-order valence-electron chi connectivity index (χ0n) is 15.4. The zero-order valence-corrected chi connectivity index (χ0v) is 16.2. The lowest BCUT2D eigenvalue weighted by atomic mass is 9.93.